The minimum atomic E-state index is -0.897. The highest BCUT2D eigenvalue weighted by Crippen LogP contribution is 2.35. The second-order valence-electron chi connectivity index (χ2n) is 7.04. The number of amides is 1. The van der Waals surface area contributed by atoms with Crippen molar-refractivity contribution in [1.29, 1.82) is 0 Å². The van der Waals surface area contributed by atoms with Crippen LogP contribution in [-0.4, -0.2) is 40.4 Å². The number of carbonyl (C=O) groups excluding carboxylic acids is 1. The number of hydrogen-bond acceptors (Lipinski definition) is 5. The Morgan fingerprint density at radius 1 is 1.03 bits per heavy atom. The van der Waals surface area contributed by atoms with Gasteiger partial charge in [0.15, 0.2) is 0 Å². The molecule has 2 aromatic carbocycles. The highest BCUT2D eigenvalue weighted by atomic mass is 35.5. The molecule has 1 amide bonds. The van der Waals surface area contributed by atoms with E-state index in [9.17, 15) is 9.90 Å². The van der Waals surface area contributed by atoms with Crippen molar-refractivity contribution < 1.29 is 15.0 Å². The van der Waals surface area contributed by atoms with E-state index < -0.39 is 17.9 Å². The van der Waals surface area contributed by atoms with Crippen molar-refractivity contribution in [3.05, 3.63) is 87.5 Å². The number of nitrogens with one attached hydrogen (secondary N) is 1. The number of pyridine rings is 1. The number of nitrogens with zero attached hydrogens (tertiary/aromatic N) is 1. The van der Waals surface area contributed by atoms with E-state index in [1.54, 1.807) is 30.3 Å². The van der Waals surface area contributed by atoms with Gasteiger partial charge in [0.25, 0.3) is 0 Å². The minimum absolute atomic E-state index is 0.257. The van der Waals surface area contributed by atoms with E-state index >= 15 is 0 Å². The van der Waals surface area contributed by atoms with Crippen LogP contribution in [0.3, 0.4) is 0 Å². The molecule has 0 aliphatic carbocycles. The van der Waals surface area contributed by atoms with Gasteiger partial charge in [-0.25, -0.2) is 0 Å². The van der Waals surface area contributed by atoms with Gasteiger partial charge in [0.2, 0.25) is 5.91 Å². The third kappa shape index (κ3) is 5.61. The monoisotopic (exact) mass is 459 g/mol. The van der Waals surface area contributed by atoms with Crippen LogP contribution in [-0.2, 0) is 11.3 Å². The van der Waals surface area contributed by atoms with Gasteiger partial charge in [0.1, 0.15) is 5.92 Å². The van der Waals surface area contributed by atoms with Gasteiger partial charge in [-0.1, -0.05) is 59.6 Å². The standard InChI is InChI=1S/C23H23Cl2N3O3/c24-17-7-3-8-18(25)21(17)22(23(26)31)20-10-4-9-19(28-20)16-6-2-1-5-14(16)11-27-12-15(30)13-29/h1-10,15,22,27,29-30H,11-13H2,(H2,26,31). The molecule has 5 N–H and O–H groups in total. The number of primary amides is 1. The summed E-state index contributed by atoms with van der Waals surface area (Å²) >= 11 is 12.7. The summed E-state index contributed by atoms with van der Waals surface area (Å²) in [7, 11) is 0. The Balaban J connectivity index is 1.97. The van der Waals surface area contributed by atoms with Gasteiger partial charge in [-0.15, -0.1) is 0 Å². The van der Waals surface area contributed by atoms with Crippen molar-refractivity contribution in [2.45, 2.75) is 18.6 Å². The number of rotatable bonds is 9. The maximum atomic E-state index is 12.4. The zero-order chi connectivity index (χ0) is 22.4. The first-order chi connectivity index (χ1) is 14.9. The van der Waals surface area contributed by atoms with Crippen LogP contribution in [0.25, 0.3) is 11.3 Å². The number of hydrogen-bond donors (Lipinski definition) is 4. The van der Waals surface area contributed by atoms with E-state index in [2.05, 4.69) is 5.32 Å². The average Bonchev–Trinajstić information content (AvgIpc) is 2.76. The first-order valence-corrected chi connectivity index (χ1v) is 10.5. The quantitative estimate of drug-likeness (QED) is 0.393. The summed E-state index contributed by atoms with van der Waals surface area (Å²) < 4.78 is 0. The highest BCUT2D eigenvalue weighted by Gasteiger charge is 2.27. The molecule has 0 aliphatic rings. The number of aliphatic hydroxyl groups is 2. The second kappa shape index (κ2) is 10.7. The molecule has 0 saturated carbocycles. The summed E-state index contributed by atoms with van der Waals surface area (Å²) in [5.74, 6) is -1.50. The summed E-state index contributed by atoms with van der Waals surface area (Å²) in [4.78, 5) is 17.1. The molecule has 0 bridgehead atoms. The lowest BCUT2D eigenvalue weighted by Gasteiger charge is -2.18. The summed E-state index contributed by atoms with van der Waals surface area (Å²) in [6, 6.07) is 18.1. The van der Waals surface area contributed by atoms with E-state index in [0.717, 1.165) is 11.1 Å². The minimum Gasteiger partial charge on any atom is -0.394 e. The molecule has 3 aromatic rings. The number of nitrogens with two attached hydrogens (primary N) is 1. The van der Waals surface area contributed by atoms with Crippen LogP contribution < -0.4 is 11.1 Å². The molecule has 0 fully saturated rings. The van der Waals surface area contributed by atoms with E-state index in [4.69, 9.17) is 39.0 Å². The summed E-state index contributed by atoms with van der Waals surface area (Å²) in [5, 5.41) is 22.3. The van der Waals surface area contributed by atoms with Crippen LogP contribution in [0.1, 0.15) is 22.7 Å². The summed E-state index contributed by atoms with van der Waals surface area (Å²) in [5.41, 5.74) is 9.06. The highest BCUT2D eigenvalue weighted by molar-refractivity contribution is 6.36. The third-order valence-corrected chi connectivity index (χ3v) is 5.50. The van der Waals surface area contributed by atoms with Gasteiger partial charge in [0.05, 0.1) is 24.1 Å². The Morgan fingerprint density at radius 2 is 1.71 bits per heavy atom. The molecule has 1 heterocycles. The Bertz CT molecular complexity index is 1040. The third-order valence-electron chi connectivity index (χ3n) is 4.84. The Labute approximate surface area is 190 Å². The van der Waals surface area contributed by atoms with Crippen molar-refractivity contribution >= 4 is 29.1 Å². The summed E-state index contributed by atoms with van der Waals surface area (Å²) in [6.45, 7) is 0.416. The molecule has 6 nitrogen and oxygen atoms in total. The van der Waals surface area contributed by atoms with E-state index in [-0.39, 0.29) is 13.2 Å². The molecule has 2 atom stereocenters. The molecule has 0 spiro atoms. The number of carbonyl (C=O) groups is 1. The predicted molar refractivity (Wildman–Crippen MR) is 122 cm³/mol. The van der Waals surface area contributed by atoms with Crippen LogP contribution in [0.2, 0.25) is 10.0 Å². The Hall–Kier alpha value is -2.48. The van der Waals surface area contributed by atoms with Crippen molar-refractivity contribution in [2.75, 3.05) is 13.2 Å². The topological polar surface area (TPSA) is 108 Å². The number of halogens is 2. The molecule has 0 saturated heterocycles. The molecule has 2 unspecified atom stereocenters. The fraction of sp³-hybridized carbons (Fsp3) is 0.217. The van der Waals surface area contributed by atoms with Gasteiger partial charge in [0, 0.05) is 34.3 Å². The molecule has 31 heavy (non-hydrogen) atoms. The predicted octanol–water partition coefficient (Wildman–Crippen LogP) is 3.12. The Kier molecular flexibility index (Phi) is 8.01. The van der Waals surface area contributed by atoms with E-state index in [1.165, 1.54) is 0 Å². The van der Waals surface area contributed by atoms with Crippen molar-refractivity contribution in [3.63, 3.8) is 0 Å². The molecule has 0 radical (unpaired) electrons. The molecular weight excluding hydrogens is 437 g/mol. The lowest BCUT2D eigenvalue weighted by Crippen LogP contribution is -2.29. The SMILES string of the molecule is NC(=O)C(c1cccc(-c2ccccc2CNCC(O)CO)n1)c1c(Cl)cccc1Cl. The first kappa shape index (κ1) is 23.2. The molecule has 0 aliphatic heterocycles. The van der Waals surface area contributed by atoms with E-state index in [1.807, 2.05) is 30.3 Å². The van der Waals surface area contributed by atoms with Gasteiger partial charge in [-0.2, -0.15) is 0 Å². The lowest BCUT2D eigenvalue weighted by molar-refractivity contribution is -0.118. The van der Waals surface area contributed by atoms with Crippen molar-refractivity contribution in [3.8, 4) is 11.3 Å². The first-order valence-electron chi connectivity index (χ1n) is 9.70. The zero-order valence-electron chi connectivity index (χ0n) is 16.6. The van der Waals surface area contributed by atoms with Crippen LogP contribution >= 0.6 is 23.2 Å². The van der Waals surface area contributed by atoms with Crippen LogP contribution in [0.4, 0.5) is 0 Å². The average molecular weight is 460 g/mol. The maximum absolute atomic E-state index is 12.4. The maximum Gasteiger partial charge on any atom is 0.231 e. The van der Waals surface area contributed by atoms with Gasteiger partial charge in [-0.05, 0) is 29.8 Å². The molecule has 162 valence electrons. The van der Waals surface area contributed by atoms with Crippen molar-refractivity contribution in [2.24, 2.45) is 5.73 Å². The Morgan fingerprint density at radius 3 is 2.39 bits per heavy atom. The van der Waals surface area contributed by atoms with Gasteiger partial charge < -0.3 is 21.3 Å². The molecular formula is C23H23Cl2N3O3. The van der Waals surface area contributed by atoms with Gasteiger partial charge in [-0.3, -0.25) is 9.78 Å². The number of aliphatic hydroxyl groups excluding tert-OH is 2. The van der Waals surface area contributed by atoms with Crippen LogP contribution in [0, 0.1) is 0 Å². The smallest absolute Gasteiger partial charge is 0.231 e. The second-order valence-corrected chi connectivity index (χ2v) is 7.86. The normalized spacial score (nSPS) is 13.0. The fourth-order valence-electron chi connectivity index (χ4n) is 3.35. The molecule has 3 rings (SSSR count). The number of benzene rings is 2. The van der Waals surface area contributed by atoms with E-state index in [0.29, 0.717) is 33.5 Å². The van der Waals surface area contributed by atoms with Gasteiger partial charge >= 0.3 is 0 Å². The van der Waals surface area contributed by atoms with Crippen molar-refractivity contribution in [1.82, 2.24) is 10.3 Å². The zero-order valence-corrected chi connectivity index (χ0v) is 18.1. The van der Waals surface area contributed by atoms with Crippen LogP contribution in [0.15, 0.2) is 60.7 Å². The summed E-state index contributed by atoms with van der Waals surface area (Å²) in [6.07, 6.45) is -0.828. The largest absolute Gasteiger partial charge is 0.394 e. The lowest BCUT2D eigenvalue weighted by atomic mass is 9.93. The fourth-order valence-corrected chi connectivity index (χ4v) is 3.96. The molecule has 8 heteroatoms. The molecule has 1 aromatic heterocycles. The number of aromatic nitrogens is 1. The van der Waals surface area contributed by atoms with Crippen LogP contribution in [0.5, 0.6) is 0 Å².